The summed E-state index contributed by atoms with van der Waals surface area (Å²) in [6.07, 6.45) is 7.67. The van der Waals surface area contributed by atoms with Gasteiger partial charge in [0.1, 0.15) is 18.1 Å². The number of likely N-dealkylation sites (tertiary alicyclic amines) is 2. The molecule has 0 radical (unpaired) electrons. The van der Waals surface area contributed by atoms with Crippen LogP contribution in [0.2, 0.25) is 0 Å². The van der Waals surface area contributed by atoms with Gasteiger partial charge in [-0.15, -0.1) is 0 Å². The highest BCUT2D eigenvalue weighted by atomic mass is 16.5. The lowest BCUT2D eigenvalue weighted by molar-refractivity contribution is -0.144. The highest BCUT2D eigenvalue weighted by Crippen LogP contribution is 2.51. The molecule has 0 bridgehead atoms. The number of aromatic hydroxyl groups is 1. The lowest BCUT2D eigenvalue weighted by Crippen LogP contribution is -2.47. The summed E-state index contributed by atoms with van der Waals surface area (Å²) in [7, 11) is 0. The van der Waals surface area contributed by atoms with E-state index in [9.17, 15) is 14.7 Å². The number of rotatable bonds is 12. The van der Waals surface area contributed by atoms with E-state index in [1.54, 1.807) is 11.0 Å². The lowest BCUT2D eigenvalue weighted by Gasteiger charge is -2.36. The minimum atomic E-state index is -0.373. The zero-order valence-electron chi connectivity index (χ0n) is 28.5. The summed E-state index contributed by atoms with van der Waals surface area (Å²) in [6.45, 7) is 5.63. The zero-order chi connectivity index (χ0) is 33.7. The molecule has 4 aliphatic rings. The fourth-order valence-electron chi connectivity index (χ4n) is 8.59. The molecule has 49 heavy (non-hydrogen) atoms. The maximum atomic E-state index is 14.3. The molecule has 7 heteroatoms. The summed E-state index contributed by atoms with van der Waals surface area (Å²) in [4.78, 5) is 32.5. The van der Waals surface area contributed by atoms with Gasteiger partial charge in [0, 0.05) is 37.2 Å². The van der Waals surface area contributed by atoms with Crippen molar-refractivity contribution in [2.45, 2.75) is 70.6 Å². The van der Waals surface area contributed by atoms with Crippen LogP contribution in [0.5, 0.6) is 11.5 Å². The summed E-state index contributed by atoms with van der Waals surface area (Å²) in [5.41, 5.74) is 5.67. The topological polar surface area (TPSA) is 79.3 Å². The average Bonchev–Trinajstić information content (AvgIpc) is 3.66. The van der Waals surface area contributed by atoms with E-state index in [4.69, 9.17) is 9.47 Å². The van der Waals surface area contributed by atoms with E-state index in [2.05, 4.69) is 42.2 Å². The van der Waals surface area contributed by atoms with Gasteiger partial charge in [-0.05, 0) is 73.4 Å². The van der Waals surface area contributed by atoms with Crippen molar-refractivity contribution in [2.24, 2.45) is 17.8 Å². The fraction of sp³-hybridized carbons (Fsp3) is 0.429. The second-order valence-corrected chi connectivity index (χ2v) is 14.1. The predicted octanol–water partition coefficient (Wildman–Crippen LogP) is 7.42. The molecule has 256 valence electrons. The number of carbonyl (C=O) groups excluding carboxylic acids is 2. The monoisotopic (exact) mass is 660 g/mol. The second kappa shape index (κ2) is 15.1. The first kappa shape index (κ1) is 33.3. The van der Waals surface area contributed by atoms with Gasteiger partial charge in [-0.3, -0.25) is 19.4 Å². The highest BCUT2D eigenvalue weighted by Gasteiger charge is 2.58. The molecule has 0 aromatic heterocycles. The Morgan fingerprint density at radius 2 is 1.61 bits per heavy atom. The van der Waals surface area contributed by atoms with Crippen LogP contribution in [-0.4, -0.2) is 65.2 Å². The number of amides is 2. The molecule has 3 aliphatic heterocycles. The molecule has 1 aliphatic carbocycles. The van der Waals surface area contributed by atoms with Gasteiger partial charge < -0.3 is 14.6 Å². The molecule has 3 saturated heterocycles. The minimum Gasteiger partial charge on any atom is -0.507 e. The van der Waals surface area contributed by atoms with E-state index in [1.807, 2.05) is 54.6 Å². The van der Waals surface area contributed by atoms with Gasteiger partial charge in [0.15, 0.2) is 0 Å². The van der Waals surface area contributed by atoms with Crippen LogP contribution in [0.15, 0.2) is 102 Å². The van der Waals surface area contributed by atoms with Crippen LogP contribution in [-0.2, 0) is 20.9 Å². The number of benzene rings is 3. The van der Waals surface area contributed by atoms with Crippen molar-refractivity contribution < 1.29 is 24.2 Å². The molecule has 3 aromatic carbocycles. The van der Waals surface area contributed by atoms with Crippen LogP contribution in [0.25, 0.3) is 6.08 Å². The van der Waals surface area contributed by atoms with Crippen LogP contribution < -0.4 is 4.74 Å². The Morgan fingerprint density at radius 1 is 0.898 bits per heavy atom. The van der Waals surface area contributed by atoms with Crippen LogP contribution in [0, 0.1) is 17.8 Å². The SMILES string of the molecule is CCC/C(=C\c1ccccc1O)CC[C@H]1OC[C@H]2C1=C(COc1ccccc1)C[C@H]1C(=O)N(C3CCN(Cc4ccccc4)CC3)C(=O)[C@H]12. The minimum absolute atomic E-state index is 0.00240. The number of nitrogens with zero attached hydrogens (tertiary/aromatic N) is 2. The van der Waals surface area contributed by atoms with E-state index < -0.39 is 0 Å². The third-order valence-corrected chi connectivity index (χ3v) is 11.0. The van der Waals surface area contributed by atoms with E-state index >= 15 is 0 Å². The second-order valence-electron chi connectivity index (χ2n) is 14.1. The number of hydrogen-bond acceptors (Lipinski definition) is 6. The van der Waals surface area contributed by atoms with Gasteiger partial charge in [-0.1, -0.05) is 91.7 Å². The van der Waals surface area contributed by atoms with Gasteiger partial charge in [-0.2, -0.15) is 0 Å². The molecule has 3 aromatic rings. The molecular weight excluding hydrogens is 612 g/mol. The van der Waals surface area contributed by atoms with Crippen molar-refractivity contribution in [3.63, 3.8) is 0 Å². The molecule has 0 saturated carbocycles. The Labute approximate surface area is 290 Å². The van der Waals surface area contributed by atoms with E-state index in [1.165, 1.54) is 16.7 Å². The molecule has 4 atom stereocenters. The summed E-state index contributed by atoms with van der Waals surface area (Å²) >= 11 is 0. The standard InChI is InChI=1S/C42H48N2O5/c1-2-11-29(24-31-14-9-10-17-37(31)45)18-19-38-39-32(27-48-34-15-7-4-8-16-34)25-35-40(36(39)28-49-38)42(47)44(41(35)46)33-20-22-43(23-21-33)26-30-12-5-3-6-13-30/h3-10,12-17,24,33,35-36,38,40,45H,2,11,18-23,25-28H2,1H3/b29-24+/t35-,36+,38-,40-/m1/s1. The van der Waals surface area contributed by atoms with Crippen LogP contribution >= 0.6 is 0 Å². The summed E-state index contributed by atoms with van der Waals surface area (Å²) < 4.78 is 12.9. The maximum Gasteiger partial charge on any atom is 0.234 e. The molecule has 0 unspecified atom stereocenters. The Morgan fingerprint density at radius 3 is 2.35 bits per heavy atom. The Balaban J connectivity index is 1.09. The molecule has 7 nitrogen and oxygen atoms in total. The number of carbonyl (C=O) groups is 2. The summed E-state index contributed by atoms with van der Waals surface area (Å²) in [5, 5.41) is 10.4. The van der Waals surface area contributed by atoms with Crippen molar-refractivity contribution >= 4 is 17.9 Å². The van der Waals surface area contributed by atoms with Crippen molar-refractivity contribution in [2.75, 3.05) is 26.3 Å². The first-order valence-electron chi connectivity index (χ1n) is 18.1. The van der Waals surface area contributed by atoms with Gasteiger partial charge in [0.2, 0.25) is 11.8 Å². The maximum absolute atomic E-state index is 14.3. The lowest BCUT2D eigenvalue weighted by atomic mass is 9.69. The van der Waals surface area contributed by atoms with Crippen molar-refractivity contribution in [3.8, 4) is 11.5 Å². The third kappa shape index (κ3) is 7.24. The van der Waals surface area contributed by atoms with Gasteiger partial charge in [-0.25, -0.2) is 0 Å². The Hall–Kier alpha value is -4.20. The number of piperidine rings is 1. The highest BCUT2D eigenvalue weighted by molar-refractivity contribution is 6.06. The van der Waals surface area contributed by atoms with Crippen LogP contribution in [0.4, 0.5) is 0 Å². The average molecular weight is 661 g/mol. The molecule has 1 N–H and O–H groups in total. The third-order valence-electron chi connectivity index (χ3n) is 11.0. The molecular formula is C42H48N2O5. The Bertz CT molecular complexity index is 1680. The summed E-state index contributed by atoms with van der Waals surface area (Å²) in [6, 6.07) is 27.7. The molecule has 3 heterocycles. The number of allylic oxidation sites excluding steroid dienone is 1. The Kier molecular flexibility index (Phi) is 10.3. The van der Waals surface area contributed by atoms with Crippen molar-refractivity contribution in [1.29, 1.82) is 0 Å². The van der Waals surface area contributed by atoms with E-state index in [0.29, 0.717) is 19.6 Å². The first-order chi connectivity index (χ1) is 24.0. The normalized spacial score (nSPS) is 24.8. The largest absolute Gasteiger partial charge is 0.507 e. The number of phenols is 1. The smallest absolute Gasteiger partial charge is 0.234 e. The number of fused-ring (bicyclic) bond motifs is 3. The van der Waals surface area contributed by atoms with Crippen molar-refractivity contribution in [1.82, 2.24) is 9.80 Å². The van der Waals surface area contributed by atoms with Gasteiger partial charge in [0.25, 0.3) is 0 Å². The first-order valence-corrected chi connectivity index (χ1v) is 18.1. The van der Waals surface area contributed by atoms with Crippen LogP contribution in [0.3, 0.4) is 0 Å². The zero-order valence-corrected chi connectivity index (χ0v) is 28.5. The molecule has 0 spiro atoms. The van der Waals surface area contributed by atoms with E-state index in [0.717, 1.165) is 75.0 Å². The van der Waals surface area contributed by atoms with Gasteiger partial charge >= 0.3 is 0 Å². The number of ether oxygens (including phenoxy) is 2. The quantitative estimate of drug-likeness (QED) is 0.161. The van der Waals surface area contributed by atoms with E-state index in [-0.39, 0.29) is 47.5 Å². The van der Waals surface area contributed by atoms with Gasteiger partial charge in [0.05, 0.1) is 24.5 Å². The molecule has 7 rings (SSSR count). The number of phenolic OH excluding ortho intramolecular Hbond substituents is 1. The fourth-order valence-corrected chi connectivity index (χ4v) is 8.59. The number of para-hydroxylation sites is 2. The number of hydrogen-bond donors (Lipinski definition) is 1. The summed E-state index contributed by atoms with van der Waals surface area (Å²) in [5.74, 6) is 0.210. The molecule has 2 amide bonds. The molecule has 3 fully saturated rings. The van der Waals surface area contributed by atoms with Crippen LogP contribution in [0.1, 0.15) is 63.0 Å². The van der Waals surface area contributed by atoms with Crippen molar-refractivity contribution in [3.05, 3.63) is 113 Å². The predicted molar refractivity (Wildman–Crippen MR) is 191 cm³/mol. The number of imide groups is 1.